The van der Waals surface area contributed by atoms with Gasteiger partial charge in [0.15, 0.2) is 0 Å². The van der Waals surface area contributed by atoms with Crippen molar-refractivity contribution in [3.8, 4) is 0 Å². The molecule has 1 unspecified atom stereocenters. The van der Waals surface area contributed by atoms with Gasteiger partial charge in [0.1, 0.15) is 17.6 Å². The van der Waals surface area contributed by atoms with Gasteiger partial charge in [-0.15, -0.1) is 11.3 Å². The zero-order valence-corrected chi connectivity index (χ0v) is 10.9. The van der Waals surface area contributed by atoms with E-state index in [9.17, 15) is 9.50 Å². The predicted octanol–water partition coefficient (Wildman–Crippen LogP) is 3.71. The quantitative estimate of drug-likeness (QED) is 0.789. The van der Waals surface area contributed by atoms with E-state index in [-0.39, 0.29) is 5.69 Å². The number of aromatic nitrogens is 1. The first kappa shape index (κ1) is 12.3. The summed E-state index contributed by atoms with van der Waals surface area (Å²) in [5, 5.41) is 13.3. The summed E-state index contributed by atoms with van der Waals surface area (Å²) in [6, 6.07) is 10.8. The number of aliphatic hydroxyl groups excluding tert-OH is 1. The second-order valence-corrected chi connectivity index (χ2v) is 5.26. The second-order valence-electron chi connectivity index (χ2n) is 4.35. The highest BCUT2D eigenvalue weighted by Crippen LogP contribution is 2.29. The number of hydrogen-bond acceptors (Lipinski definition) is 3. The first-order valence-electron chi connectivity index (χ1n) is 5.99. The Balaban J connectivity index is 1.91. The van der Waals surface area contributed by atoms with Crippen molar-refractivity contribution in [1.82, 2.24) is 4.98 Å². The largest absolute Gasteiger partial charge is 0.386 e. The molecule has 1 N–H and O–H groups in total. The number of halogens is 1. The van der Waals surface area contributed by atoms with Crippen LogP contribution in [-0.4, -0.2) is 10.1 Å². The van der Waals surface area contributed by atoms with Crippen LogP contribution in [0.4, 0.5) is 4.39 Å². The number of benzene rings is 1. The third-order valence-electron chi connectivity index (χ3n) is 3.08. The van der Waals surface area contributed by atoms with E-state index in [1.165, 1.54) is 23.0 Å². The van der Waals surface area contributed by atoms with Crippen molar-refractivity contribution in [2.75, 3.05) is 0 Å². The van der Waals surface area contributed by atoms with E-state index >= 15 is 0 Å². The van der Waals surface area contributed by atoms with E-state index in [0.717, 1.165) is 10.9 Å². The number of fused-ring (bicyclic) bond motifs is 1. The zero-order valence-electron chi connectivity index (χ0n) is 10.1. The molecule has 0 fully saturated rings. The van der Waals surface area contributed by atoms with Crippen LogP contribution in [0, 0.1) is 5.82 Å². The van der Waals surface area contributed by atoms with Crippen molar-refractivity contribution < 1.29 is 9.50 Å². The number of aliphatic hydroxyl groups is 1. The summed E-state index contributed by atoms with van der Waals surface area (Å²) in [4.78, 5) is 3.92. The van der Waals surface area contributed by atoms with Gasteiger partial charge in [0.25, 0.3) is 0 Å². The lowest BCUT2D eigenvalue weighted by Gasteiger charge is -2.10. The molecule has 2 aromatic heterocycles. The average molecular weight is 273 g/mol. The highest BCUT2D eigenvalue weighted by molar-refractivity contribution is 7.17. The second kappa shape index (κ2) is 5.07. The Labute approximate surface area is 114 Å². The Bertz CT molecular complexity index is 710. The summed E-state index contributed by atoms with van der Waals surface area (Å²) in [6.45, 7) is 0. The summed E-state index contributed by atoms with van der Waals surface area (Å²) >= 11 is 1.63. The van der Waals surface area contributed by atoms with Crippen molar-refractivity contribution in [2.45, 2.75) is 12.5 Å². The Morgan fingerprint density at radius 1 is 1.21 bits per heavy atom. The molecular weight excluding hydrogens is 261 g/mol. The van der Waals surface area contributed by atoms with Crippen molar-refractivity contribution in [2.24, 2.45) is 0 Å². The molecule has 1 aromatic carbocycles. The summed E-state index contributed by atoms with van der Waals surface area (Å²) in [7, 11) is 0. The molecular formula is C15H12FNOS. The molecule has 0 bridgehead atoms. The van der Waals surface area contributed by atoms with Crippen LogP contribution >= 0.6 is 11.3 Å². The number of pyridine rings is 1. The van der Waals surface area contributed by atoms with Gasteiger partial charge in [-0.1, -0.05) is 18.2 Å². The maximum Gasteiger partial charge on any atom is 0.147 e. The van der Waals surface area contributed by atoms with Gasteiger partial charge < -0.3 is 5.11 Å². The molecule has 96 valence electrons. The standard InChI is InChI=1S/C15H12FNOS/c16-12-5-3-7-17-15(12)13(18)8-10-9-19-14-6-2-1-4-11(10)14/h1-7,9,13,18H,8H2. The summed E-state index contributed by atoms with van der Waals surface area (Å²) < 4.78 is 14.7. The molecule has 0 spiro atoms. The van der Waals surface area contributed by atoms with Crippen LogP contribution in [0.15, 0.2) is 48.0 Å². The predicted molar refractivity (Wildman–Crippen MR) is 74.7 cm³/mol. The third-order valence-corrected chi connectivity index (χ3v) is 4.09. The highest BCUT2D eigenvalue weighted by atomic mass is 32.1. The minimum atomic E-state index is -0.917. The number of nitrogens with zero attached hydrogens (tertiary/aromatic N) is 1. The van der Waals surface area contributed by atoms with Gasteiger partial charge in [0.2, 0.25) is 0 Å². The van der Waals surface area contributed by atoms with Crippen LogP contribution in [0.3, 0.4) is 0 Å². The van der Waals surface area contributed by atoms with Crippen LogP contribution in [0.1, 0.15) is 17.4 Å². The van der Waals surface area contributed by atoms with Crippen LogP contribution in [0.5, 0.6) is 0 Å². The summed E-state index contributed by atoms with van der Waals surface area (Å²) in [5.41, 5.74) is 1.14. The lowest BCUT2D eigenvalue weighted by molar-refractivity contribution is 0.169. The normalized spacial score (nSPS) is 12.7. The minimum absolute atomic E-state index is 0.109. The smallest absolute Gasteiger partial charge is 0.147 e. The number of hydrogen-bond donors (Lipinski definition) is 1. The molecule has 0 aliphatic rings. The van der Waals surface area contributed by atoms with E-state index in [1.807, 2.05) is 29.6 Å². The van der Waals surface area contributed by atoms with Gasteiger partial charge in [0.05, 0.1) is 0 Å². The van der Waals surface area contributed by atoms with Crippen LogP contribution in [0.25, 0.3) is 10.1 Å². The molecule has 0 saturated heterocycles. The summed E-state index contributed by atoms with van der Waals surface area (Å²) in [5.74, 6) is -0.463. The zero-order chi connectivity index (χ0) is 13.2. The molecule has 1 atom stereocenters. The molecule has 0 saturated carbocycles. The maximum absolute atomic E-state index is 13.6. The van der Waals surface area contributed by atoms with Gasteiger partial charge >= 0.3 is 0 Å². The fourth-order valence-electron chi connectivity index (χ4n) is 2.14. The van der Waals surface area contributed by atoms with Gasteiger partial charge in [0, 0.05) is 17.3 Å². The Hall–Kier alpha value is -1.78. The average Bonchev–Trinajstić information content (AvgIpc) is 2.83. The van der Waals surface area contributed by atoms with Gasteiger partial charge in [-0.05, 0) is 34.5 Å². The first-order chi connectivity index (χ1) is 9.25. The topological polar surface area (TPSA) is 33.1 Å². The molecule has 0 aliphatic carbocycles. The Kier molecular flexibility index (Phi) is 3.27. The van der Waals surface area contributed by atoms with E-state index in [1.54, 1.807) is 11.3 Å². The maximum atomic E-state index is 13.6. The van der Waals surface area contributed by atoms with E-state index in [2.05, 4.69) is 4.98 Å². The van der Waals surface area contributed by atoms with E-state index in [0.29, 0.717) is 6.42 Å². The van der Waals surface area contributed by atoms with Crippen molar-refractivity contribution in [3.63, 3.8) is 0 Å². The van der Waals surface area contributed by atoms with Gasteiger partial charge in [-0.2, -0.15) is 0 Å². The molecule has 0 amide bonds. The number of thiophene rings is 1. The van der Waals surface area contributed by atoms with Crippen LogP contribution in [0.2, 0.25) is 0 Å². The molecule has 2 heterocycles. The highest BCUT2D eigenvalue weighted by Gasteiger charge is 2.16. The molecule has 3 rings (SSSR count). The molecule has 2 nitrogen and oxygen atoms in total. The molecule has 19 heavy (non-hydrogen) atoms. The molecule has 0 aliphatic heterocycles. The Morgan fingerprint density at radius 3 is 2.89 bits per heavy atom. The first-order valence-corrected chi connectivity index (χ1v) is 6.87. The third kappa shape index (κ3) is 2.37. The fourth-order valence-corrected chi connectivity index (χ4v) is 3.11. The molecule has 0 radical (unpaired) electrons. The van der Waals surface area contributed by atoms with Gasteiger partial charge in [-0.25, -0.2) is 4.39 Å². The van der Waals surface area contributed by atoms with Crippen LogP contribution in [-0.2, 0) is 6.42 Å². The number of rotatable bonds is 3. The Morgan fingerprint density at radius 2 is 2.05 bits per heavy atom. The SMILES string of the molecule is OC(Cc1csc2ccccc12)c1ncccc1F. The molecule has 4 heteroatoms. The molecule has 3 aromatic rings. The monoisotopic (exact) mass is 273 g/mol. The van der Waals surface area contributed by atoms with E-state index < -0.39 is 11.9 Å². The fraction of sp³-hybridized carbons (Fsp3) is 0.133. The lowest BCUT2D eigenvalue weighted by atomic mass is 10.0. The van der Waals surface area contributed by atoms with Gasteiger partial charge in [-0.3, -0.25) is 4.98 Å². The van der Waals surface area contributed by atoms with Crippen molar-refractivity contribution >= 4 is 21.4 Å². The lowest BCUT2D eigenvalue weighted by Crippen LogP contribution is -2.06. The minimum Gasteiger partial charge on any atom is -0.386 e. The summed E-state index contributed by atoms with van der Waals surface area (Å²) in [6.07, 6.45) is 0.949. The van der Waals surface area contributed by atoms with Crippen molar-refractivity contribution in [3.05, 3.63) is 65.0 Å². The van der Waals surface area contributed by atoms with Crippen LogP contribution < -0.4 is 0 Å². The van der Waals surface area contributed by atoms with Crippen molar-refractivity contribution in [1.29, 1.82) is 0 Å². The van der Waals surface area contributed by atoms with E-state index in [4.69, 9.17) is 0 Å².